The Kier molecular flexibility index (Phi) is 10.3. The number of aryl methyl sites for hydroxylation is 1. The van der Waals surface area contributed by atoms with Crippen molar-refractivity contribution in [2.75, 3.05) is 10.7 Å². The minimum atomic E-state index is -4.54. The summed E-state index contributed by atoms with van der Waals surface area (Å²) in [5.74, 6) is -1.40. The van der Waals surface area contributed by atoms with Gasteiger partial charge in [-0.05, 0) is 110 Å². The average molecular weight is 651 g/mol. The molecule has 1 atom stereocenters. The summed E-state index contributed by atoms with van der Waals surface area (Å²) < 4.78 is 58.7. The highest BCUT2D eigenvalue weighted by Gasteiger charge is 2.36. The lowest BCUT2D eigenvalue weighted by molar-refractivity contribution is -0.0328. The van der Waals surface area contributed by atoms with Crippen LogP contribution in [0.4, 0.5) is 33.2 Å². The van der Waals surface area contributed by atoms with E-state index in [2.05, 4.69) is 0 Å². The highest BCUT2D eigenvalue weighted by molar-refractivity contribution is 8.00. The zero-order valence-corrected chi connectivity index (χ0v) is 28.1. The number of hydrogen-bond donors (Lipinski definition) is 0. The Bertz CT molecular complexity index is 1520. The van der Waals surface area contributed by atoms with Gasteiger partial charge in [-0.15, -0.1) is 0 Å². The highest BCUT2D eigenvalue weighted by atomic mass is 32.2. The van der Waals surface area contributed by atoms with Crippen molar-refractivity contribution in [3.63, 3.8) is 0 Å². The highest BCUT2D eigenvalue weighted by Crippen LogP contribution is 2.41. The van der Waals surface area contributed by atoms with Crippen molar-refractivity contribution in [1.82, 2.24) is 4.57 Å². The molecule has 0 fully saturated rings. The number of hydrogen-bond acceptors (Lipinski definition) is 7. The summed E-state index contributed by atoms with van der Waals surface area (Å²) in [6, 6.07) is 13.0. The molecule has 2 aromatic carbocycles. The Balaban J connectivity index is 2.20. The molecule has 8 nitrogen and oxygen atoms in total. The molecular formula is C33H41F3N2O6S. The van der Waals surface area contributed by atoms with Gasteiger partial charge in [0.1, 0.15) is 16.8 Å². The number of alkyl halides is 3. The van der Waals surface area contributed by atoms with Crippen molar-refractivity contribution in [3.05, 3.63) is 65.4 Å². The molecule has 0 spiro atoms. The minimum absolute atomic E-state index is 0.0916. The van der Waals surface area contributed by atoms with Crippen LogP contribution in [0.1, 0.15) is 85.1 Å². The molecular weight excluding hydrogens is 609 g/mol. The lowest BCUT2D eigenvalue weighted by Crippen LogP contribution is -2.43. The maximum absolute atomic E-state index is 13.6. The SMILES string of the molecule is Cc1c(C(CSC(F)(F)F)c2ccc(N(C(=O)OC(C)(C)C)C(=O)OC(C)(C)C)cc2)n(C(=O)OC(C)(C)C)c2ccccc12. The van der Waals surface area contributed by atoms with Crippen LogP contribution in [0.15, 0.2) is 48.5 Å². The zero-order valence-electron chi connectivity index (χ0n) is 27.3. The van der Waals surface area contributed by atoms with Gasteiger partial charge in [-0.2, -0.15) is 18.1 Å². The molecule has 0 aliphatic heterocycles. The van der Waals surface area contributed by atoms with E-state index in [1.165, 1.54) is 28.8 Å². The molecule has 0 aliphatic carbocycles. The van der Waals surface area contributed by atoms with Gasteiger partial charge < -0.3 is 14.2 Å². The first-order valence-electron chi connectivity index (χ1n) is 14.4. The number of rotatable bonds is 5. The fraction of sp³-hybridized carbons (Fsp3) is 0.485. The van der Waals surface area contributed by atoms with E-state index in [-0.39, 0.29) is 17.4 Å². The average Bonchev–Trinajstić information content (AvgIpc) is 3.14. The Hall–Kier alpha value is -3.67. The fourth-order valence-corrected chi connectivity index (χ4v) is 5.32. The second-order valence-electron chi connectivity index (χ2n) is 13.5. The van der Waals surface area contributed by atoms with E-state index in [0.717, 1.165) is 4.90 Å². The van der Waals surface area contributed by atoms with Crippen molar-refractivity contribution in [1.29, 1.82) is 0 Å². The molecule has 0 saturated heterocycles. The Morgan fingerprint density at radius 3 is 1.73 bits per heavy atom. The van der Waals surface area contributed by atoms with E-state index in [4.69, 9.17) is 14.2 Å². The third-order valence-electron chi connectivity index (χ3n) is 6.20. The standard InChI is InChI=1S/C33H41F3N2O6S/c1-20-23-13-11-12-14-25(23)38(29(41)44-32(8,9)10)26(20)24(19-45-33(34,35)36)21-15-17-22(18-16-21)37(27(39)42-30(2,3)4)28(40)43-31(5,6)7/h11-18,24H,19H2,1-10H3. The van der Waals surface area contributed by atoms with Gasteiger partial charge in [0.25, 0.3) is 0 Å². The second kappa shape index (κ2) is 13.0. The fourth-order valence-electron chi connectivity index (χ4n) is 4.61. The molecule has 1 unspecified atom stereocenters. The molecule has 3 rings (SSSR count). The molecule has 2 amide bonds. The van der Waals surface area contributed by atoms with Crippen LogP contribution in [0.2, 0.25) is 0 Å². The van der Waals surface area contributed by atoms with Gasteiger partial charge in [0, 0.05) is 22.8 Å². The quantitative estimate of drug-likeness (QED) is 0.254. The molecule has 0 radical (unpaired) electrons. The first-order chi connectivity index (χ1) is 20.5. The van der Waals surface area contributed by atoms with E-state index < -0.39 is 52.3 Å². The molecule has 0 N–H and O–H groups in total. The van der Waals surface area contributed by atoms with Gasteiger partial charge in [0.05, 0.1) is 11.2 Å². The van der Waals surface area contributed by atoms with E-state index in [1.807, 2.05) is 0 Å². The van der Waals surface area contributed by atoms with Crippen molar-refractivity contribution < 1.29 is 41.8 Å². The summed E-state index contributed by atoms with van der Waals surface area (Å²) in [4.78, 5) is 40.6. The maximum atomic E-state index is 13.6. The van der Waals surface area contributed by atoms with Crippen LogP contribution >= 0.6 is 11.8 Å². The number of ether oxygens (including phenoxy) is 3. The van der Waals surface area contributed by atoms with Gasteiger partial charge in [-0.25, -0.2) is 19.0 Å². The van der Waals surface area contributed by atoms with Crippen molar-refractivity contribution >= 4 is 46.6 Å². The lowest BCUT2D eigenvalue weighted by atomic mass is 9.94. The van der Waals surface area contributed by atoms with Crippen LogP contribution in [0, 0.1) is 6.92 Å². The molecule has 12 heteroatoms. The number of carbonyl (C=O) groups excluding carboxylic acids is 3. The number of aromatic nitrogens is 1. The Labute approximate surface area is 266 Å². The normalized spacial score (nSPS) is 13.4. The molecule has 1 aromatic heterocycles. The smallest absolute Gasteiger partial charge is 0.441 e. The summed E-state index contributed by atoms with van der Waals surface area (Å²) in [7, 11) is 0. The van der Waals surface area contributed by atoms with Gasteiger partial charge in [-0.1, -0.05) is 30.3 Å². The summed E-state index contributed by atoms with van der Waals surface area (Å²) in [6.45, 7) is 16.8. The van der Waals surface area contributed by atoms with Crippen LogP contribution < -0.4 is 4.90 Å². The van der Waals surface area contributed by atoms with Crippen LogP contribution in [0.5, 0.6) is 0 Å². The number of halogens is 3. The van der Waals surface area contributed by atoms with Gasteiger partial charge in [-0.3, -0.25) is 0 Å². The van der Waals surface area contributed by atoms with Crippen molar-refractivity contribution in [2.45, 2.75) is 97.5 Å². The molecule has 0 saturated carbocycles. The number of benzene rings is 2. The summed E-state index contributed by atoms with van der Waals surface area (Å²) in [6.07, 6.45) is -2.68. The number of amides is 2. The monoisotopic (exact) mass is 650 g/mol. The van der Waals surface area contributed by atoms with E-state index in [1.54, 1.807) is 93.5 Å². The number of carbonyl (C=O) groups is 3. The van der Waals surface area contributed by atoms with Crippen LogP contribution in [0.3, 0.4) is 0 Å². The van der Waals surface area contributed by atoms with Crippen molar-refractivity contribution in [3.8, 4) is 0 Å². The number of anilines is 1. The molecule has 246 valence electrons. The van der Waals surface area contributed by atoms with E-state index >= 15 is 0 Å². The third-order valence-corrected chi connectivity index (χ3v) is 7.03. The molecule has 0 aliphatic rings. The number of para-hydroxylation sites is 1. The first kappa shape index (κ1) is 35.8. The van der Waals surface area contributed by atoms with Gasteiger partial charge >= 0.3 is 23.8 Å². The van der Waals surface area contributed by atoms with Crippen LogP contribution in [-0.4, -0.2) is 50.9 Å². The van der Waals surface area contributed by atoms with E-state index in [0.29, 0.717) is 27.7 Å². The predicted molar refractivity (Wildman–Crippen MR) is 170 cm³/mol. The summed E-state index contributed by atoms with van der Waals surface area (Å²) >= 11 is -0.208. The Morgan fingerprint density at radius 2 is 1.27 bits per heavy atom. The number of imide groups is 1. The molecule has 1 heterocycles. The van der Waals surface area contributed by atoms with Crippen LogP contribution in [0.25, 0.3) is 10.9 Å². The topological polar surface area (TPSA) is 87.1 Å². The maximum Gasteiger partial charge on any atom is 0.441 e. The van der Waals surface area contributed by atoms with Crippen LogP contribution in [-0.2, 0) is 14.2 Å². The molecule has 0 bridgehead atoms. The Morgan fingerprint density at radius 1 is 0.778 bits per heavy atom. The summed E-state index contributed by atoms with van der Waals surface area (Å²) in [5.41, 5.74) is -5.29. The number of nitrogens with zero attached hydrogens (tertiary/aromatic N) is 2. The third kappa shape index (κ3) is 9.66. The number of fused-ring (bicyclic) bond motifs is 1. The molecule has 45 heavy (non-hydrogen) atoms. The van der Waals surface area contributed by atoms with Gasteiger partial charge in [0.2, 0.25) is 0 Å². The number of thioether (sulfide) groups is 1. The minimum Gasteiger partial charge on any atom is -0.443 e. The molecule has 3 aromatic rings. The zero-order chi connectivity index (χ0) is 34.1. The first-order valence-corrected chi connectivity index (χ1v) is 15.4. The van der Waals surface area contributed by atoms with Gasteiger partial charge in [0.15, 0.2) is 0 Å². The van der Waals surface area contributed by atoms with E-state index in [9.17, 15) is 27.6 Å². The largest absolute Gasteiger partial charge is 0.443 e. The second-order valence-corrected chi connectivity index (χ2v) is 14.6. The van der Waals surface area contributed by atoms with Crippen molar-refractivity contribution in [2.24, 2.45) is 0 Å². The predicted octanol–water partition coefficient (Wildman–Crippen LogP) is 9.79. The lowest BCUT2D eigenvalue weighted by Gasteiger charge is -2.29. The summed E-state index contributed by atoms with van der Waals surface area (Å²) in [5, 5.41) is 0.693.